The molecular formula is C26H22N2OS. The van der Waals surface area contributed by atoms with E-state index in [4.69, 9.17) is 0 Å². The van der Waals surface area contributed by atoms with Gasteiger partial charge in [0, 0.05) is 28.6 Å². The number of pyridine rings is 1. The van der Waals surface area contributed by atoms with Crippen molar-refractivity contribution in [1.29, 1.82) is 0 Å². The van der Waals surface area contributed by atoms with Crippen molar-refractivity contribution in [2.24, 2.45) is 0 Å². The lowest BCUT2D eigenvalue weighted by Crippen LogP contribution is -2.29. The van der Waals surface area contributed by atoms with Crippen molar-refractivity contribution in [3.05, 3.63) is 132 Å². The first-order valence-electron chi connectivity index (χ1n) is 9.82. The normalized spacial score (nSPS) is 10.7. The third-order valence-corrected chi connectivity index (χ3v) is 5.87. The molecule has 1 N–H and O–H groups in total. The number of aromatic nitrogens is 1. The highest BCUT2D eigenvalue weighted by Crippen LogP contribution is 2.24. The lowest BCUT2D eigenvalue weighted by Gasteiger charge is -2.20. The standard InChI is InChI=1S/C26H22N2OS/c29-26(23-13-15-24(16-14-23)30-19-20-8-7-17-27-18-20)28-25(21-9-3-1-4-10-21)22-11-5-2-6-12-22/h1-18,25H,19H2,(H,28,29). The average molecular weight is 411 g/mol. The minimum Gasteiger partial charge on any atom is -0.341 e. The number of carbonyl (C=O) groups excluding carboxylic acids is 1. The van der Waals surface area contributed by atoms with E-state index in [0.717, 1.165) is 21.8 Å². The molecule has 0 saturated heterocycles. The molecule has 1 aromatic heterocycles. The molecule has 4 rings (SSSR count). The fourth-order valence-electron chi connectivity index (χ4n) is 3.22. The van der Waals surface area contributed by atoms with Crippen LogP contribution in [-0.4, -0.2) is 10.9 Å². The van der Waals surface area contributed by atoms with Crippen LogP contribution in [0.4, 0.5) is 0 Å². The first-order chi connectivity index (χ1) is 14.8. The van der Waals surface area contributed by atoms with E-state index in [9.17, 15) is 4.79 Å². The maximum absolute atomic E-state index is 13.0. The molecule has 4 aromatic rings. The molecule has 1 heterocycles. The number of carbonyl (C=O) groups is 1. The van der Waals surface area contributed by atoms with Crippen LogP contribution in [-0.2, 0) is 5.75 Å². The van der Waals surface area contributed by atoms with Crippen molar-refractivity contribution in [3.63, 3.8) is 0 Å². The summed E-state index contributed by atoms with van der Waals surface area (Å²) in [7, 11) is 0. The molecule has 0 fully saturated rings. The van der Waals surface area contributed by atoms with Gasteiger partial charge in [0.25, 0.3) is 5.91 Å². The Bertz CT molecular complexity index is 1030. The predicted octanol–water partition coefficient (Wildman–Crippen LogP) is 5.89. The van der Waals surface area contributed by atoms with Crippen molar-refractivity contribution in [2.75, 3.05) is 0 Å². The van der Waals surface area contributed by atoms with Crippen LogP contribution in [0.2, 0.25) is 0 Å². The fraction of sp³-hybridized carbons (Fsp3) is 0.0769. The Labute approximate surface area is 181 Å². The summed E-state index contributed by atoms with van der Waals surface area (Å²) in [5.41, 5.74) is 3.94. The Morgan fingerprint density at radius 3 is 2.00 bits per heavy atom. The van der Waals surface area contributed by atoms with Gasteiger partial charge in [0.1, 0.15) is 0 Å². The molecule has 0 unspecified atom stereocenters. The summed E-state index contributed by atoms with van der Waals surface area (Å²) in [5, 5.41) is 3.19. The zero-order valence-corrected chi connectivity index (χ0v) is 17.3. The summed E-state index contributed by atoms with van der Waals surface area (Å²) in [6, 6.07) is 31.7. The summed E-state index contributed by atoms with van der Waals surface area (Å²) in [4.78, 5) is 18.2. The average Bonchev–Trinajstić information content (AvgIpc) is 2.83. The number of thioether (sulfide) groups is 1. The molecule has 4 heteroatoms. The van der Waals surface area contributed by atoms with Crippen molar-refractivity contribution in [3.8, 4) is 0 Å². The monoisotopic (exact) mass is 410 g/mol. The SMILES string of the molecule is O=C(NC(c1ccccc1)c1ccccc1)c1ccc(SCc2cccnc2)cc1. The molecule has 3 aromatic carbocycles. The third-order valence-electron chi connectivity index (χ3n) is 4.79. The van der Waals surface area contributed by atoms with Crippen molar-refractivity contribution >= 4 is 17.7 Å². The van der Waals surface area contributed by atoms with Crippen LogP contribution >= 0.6 is 11.8 Å². The van der Waals surface area contributed by atoms with E-state index in [1.165, 1.54) is 5.56 Å². The van der Waals surface area contributed by atoms with Gasteiger partial charge >= 0.3 is 0 Å². The maximum atomic E-state index is 13.0. The first kappa shape index (κ1) is 19.9. The summed E-state index contributed by atoms with van der Waals surface area (Å²) >= 11 is 1.73. The van der Waals surface area contributed by atoms with Gasteiger partial charge in [0.05, 0.1) is 6.04 Å². The minimum atomic E-state index is -0.195. The van der Waals surface area contributed by atoms with Crippen molar-refractivity contribution < 1.29 is 4.79 Å². The Balaban J connectivity index is 1.46. The smallest absolute Gasteiger partial charge is 0.252 e. The molecule has 148 valence electrons. The predicted molar refractivity (Wildman–Crippen MR) is 122 cm³/mol. The molecule has 30 heavy (non-hydrogen) atoms. The Morgan fingerprint density at radius 1 is 0.800 bits per heavy atom. The van der Waals surface area contributed by atoms with Gasteiger partial charge in [-0.25, -0.2) is 0 Å². The van der Waals surface area contributed by atoms with E-state index in [-0.39, 0.29) is 11.9 Å². The number of hydrogen-bond acceptors (Lipinski definition) is 3. The molecule has 0 aliphatic carbocycles. The Hall–Kier alpha value is -3.37. The van der Waals surface area contributed by atoms with Gasteiger partial charge in [-0.2, -0.15) is 0 Å². The van der Waals surface area contributed by atoms with Crippen LogP contribution in [0.3, 0.4) is 0 Å². The molecule has 1 amide bonds. The number of rotatable bonds is 7. The molecule has 0 bridgehead atoms. The van der Waals surface area contributed by atoms with Crippen LogP contribution in [0, 0.1) is 0 Å². The maximum Gasteiger partial charge on any atom is 0.252 e. The molecule has 0 spiro atoms. The van der Waals surface area contributed by atoms with Gasteiger partial charge in [-0.1, -0.05) is 66.7 Å². The molecule has 0 aliphatic heterocycles. The molecule has 0 saturated carbocycles. The van der Waals surface area contributed by atoms with E-state index < -0.39 is 0 Å². The van der Waals surface area contributed by atoms with Crippen LogP contribution in [0.5, 0.6) is 0 Å². The van der Waals surface area contributed by atoms with E-state index >= 15 is 0 Å². The van der Waals surface area contributed by atoms with E-state index in [2.05, 4.69) is 16.4 Å². The topological polar surface area (TPSA) is 42.0 Å². The Kier molecular flexibility index (Phi) is 6.58. The van der Waals surface area contributed by atoms with Gasteiger partial charge in [-0.15, -0.1) is 11.8 Å². The molecule has 0 radical (unpaired) electrons. The molecule has 0 aliphatic rings. The lowest BCUT2D eigenvalue weighted by atomic mass is 9.98. The molecular weight excluding hydrogens is 388 g/mol. The fourth-order valence-corrected chi connectivity index (χ4v) is 4.05. The van der Waals surface area contributed by atoms with Crippen LogP contribution in [0.1, 0.15) is 33.1 Å². The second-order valence-electron chi connectivity index (χ2n) is 6.90. The number of hydrogen-bond donors (Lipinski definition) is 1. The van der Waals surface area contributed by atoms with E-state index in [1.807, 2.05) is 97.2 Å². The minimum absolute atomic E-state index is 0.0866. The second kappa shape index (κ2) is 9.90. The van der Waals surface area contributed by atoms with Crippen molar-refractivity contribution in [1.82, 2.24) is 10.3 Å². The van der Waals surface area contributed by atoms with Crippen LogP contribution in [0.15, 0.2) is 114 Å². The van der Waals surface area contributed by atoms with Gasteiger partial charge in [-0.3, -0.25) is 9.78 Å². The third kappa shape index (κ3) is 5.16. The number of amides is 1. The highest BCUT2D eigenvalue weighted by atomic mass is 32.2. The van der Waals surface area contributed by atoms with Crippen LogP contribution < -0.4 is 5.32 Å². The van der Waals surface area contributed by atoms with E-state index in [0.29, 0.717) is 5.56 Å². The number of nitrogens with zero attached hydrogens (tertiary/aromatic N) is 1. The zero-order chi connectivity index (χ0) is 20.6. The highest BCUT2D eigenvalue weighted by molar-refractivity contribution is 7.98. The summed E-state index contributed by atoms with van der Waals surface area (Å²) < 4.78 is 0. The van der Waals surface area contributed by atoms with Gasteiger partial charge in [0.2, 0.25) is 0 Å². The largest absolute Gasteiger partial charge is 0.341 e. The molecule has 0 atom stereocenters. The summed E-state index contributed by atoms with van der Waals surface area (Å²) in [5.74, 6) is 0.764. The van der Waals surface area contributed by atoms with Crippen LogP contribution in [0.25, 0.3) is 0 Å². The molecule has 3 nitrogen and oxygen atoms in total. The summed E-state index contributed by atoms with van der Waals surface area (Å²) in [6.45, 7) is 0. The van der Waals surface area contributed by atoms with Gasteiger partial charge in [0.15, 0.2) is 0 Å². The van der Waals surface area contributed by atoms with Crippen molar-refractivity contribution in [2.45, 2.75) is 16.7 Å². The van der Waals surface area contributed by atoms with E-state index in [1.54, 1.807) is 18.0 Å². The zero-order valence-electron chi connectivity index (χ0n) is 16.4. The number of nitrogens with one attached hydrogen (secondary N) is 1. The summed E-state index contributed by atoms with van der Waals surface area (Å²) in [6.07, 6.45) is 3.65. The Morgan fingerprint density at radius 2 is 1.43 bits per heavy atom. The van der Waals surface area contributed by atoms with Gasteiger partial charge < -0.3 is 5.32 Å². The second-order valence-corrected chi connectivity index (χ2v) is 7.95. The quantitative estimate of drug-likeness (QED) is 0.386. The van der Waals surface area contributed by atoms with Gasteiger partial charge in [-0.05, 0) is 47.0 Å². The first-order valence-corrected chi connectivity index (χ1v) is 10.8. The lowest BCUT2D eigenvalue weighted by molar-refractivity contribution is 0.0943. The number of benzene rings is 3. The highest BCUT2D eigenvalue weighted by Gasteiger charge is 2.17.